The summed E-state index contributed by atoms with van der Waals surface area (Å²) in [4.78, 5) is 0. The zero-order valence-corrected chi connectivity index (χ0v) is 9.33. The van der Waals surface area contributed by atoms with Crippen molar-refractivity contribution in [3.8, 4) is 11.5 Å². The van der Waals surface area contributed by atoms with Gasteiger partial charge in [-0.05, 0) is 37.8 Å². The highest BCUT2D eigenvalue weighted by molar-refractivity contribution is 5.67. The van der Waals surface area contributed by atoms with Gasteiger partial charge >= 0.3 is 0 Å². The van der Waals surface area contributed by atoms with Crippen LogP contribution >= 0.6 is 0 Å². The standard InChI is InChI=1S/C12H17NO2/c1-7-6-12(2,3)13-11-9(7)4-8(14)5-10(11)15/h4-5,7,13-15H,6H2,1-3H3. The lowest BCUT2D eigenvalue weighted by atomic mass is 9.82. The predicted molar refractivity (Wildman–Crippen MR) is 60.5 cm³/mol. The molecule has 2 rings (SSSR count). The number of benzene rings is 1. The van der Waals surface area contributed by atoms with Crippen LogP contribution in [-0.4, -0.2) is 15.8 Å². The molecule has 0 aromatic heterocycles. The second kappa shape index (κ2) is 3.05. The van der Waals surface area contributed by atoms with Gasteiger partial charge in [-0.2, -0.15) is 0 Å². The number of phenols is 2. The third-order valence-electron chi connectivity index (χ3n) is 2.94. The van der Waals surface area contributed by atoms with Crippen LogP contribution in [0, 0.1) is 0 Å². The van der Waals surface area contributed by atoms with E-state index in [1.54, 1.807) is 6.07 Å². The van der Waals surface area contributed by atoms with Crippen molar-refractivity contribution >= 4 is 5.69 Å². The molecule has 0 bridgehead atoms. The molecule has 3 nitrogen and oxygen atoms in total. The van der Waals surface area contributed by atoms with Crippen molar-refractivity contribution in [3.05, 3.63) is 17.7 Å². The highest BCUT2D eigenvalue weighted by Gasteiger charge is 2.31. The number of fused-ring (bicyclic) bond motifs is 1. The summed E-state index contributed by atoms with van der Waals surface area (Å²) in [6, 6.07) is 3.10. The molecule has 1 heterocycles. The van der Waals surface area contributed by atoms with Crippen LogP contribution in [0.1, 0.15) is 38.7 Å². The molecule has 0 radical (unpaired) electrons. The van der Waals surface area contributed by atoms with Gasteiger partial charge in [0.1, 0.15) is 11.5 Å². The lowest BCUT2D eigenvalue weighted by molar-refractivity contribution is 0.422. The fourth-order valence-corrected chi connectivity index (χ4v) is 2.42. The van der Waals surface area contributed by atoms with Crippen molar-refractivity contribution in [1.29, 1.82) is 0 Å². The van der Waals surface area contributed by atoms with Crippen molar-refractivity contribution in [2.45, 2.75) is 38.6 Å². The fraction of sp³-hybridized carbons (Fsp3) is 0.500. The Morgan fingerprint density at radius 1 is 1.33 bits per heavy atom. The second-order valence-corrected chi connectivity index (χ2v) is 5.04. The van der Waals surface area contributed by atoms with E-state index in [0.29, 0.717) is 5.92 Å². The van der Waals surface area contributed by atoms with Gasteiger partial charge in [-0.25, -0.2) is 0 Å². The van der Waals surface area contributed by atoms with Gasteiger partial charge in [0, 0.05) is 11.6 Å². The number of hydrogen-bond donors (Lipinski definition) is 3. The molecule has 1 aromatic rings. The average Bonchev–Trinajstić information content (AvgIpc) is 2.06. The van der Waals surface area contributed by atoms with Crippen LogP contribution in [-0.2, 0) is 0 Å². The van der Waals surface area contributed by atoms with E-state index in [1.165, 1.54) is 6.07 Å². The minimum atomic E-state index is -0.0130. The lowest BCUT2D eigenvalue weighted by Crippen LogP contribution is -2.36. The number of rotatable bonds is 0. The Hall–Kier alpha value is -1.38. The number of aromatic hydroxyl groups is 2. The highest BCUT2D eigenvalue weighted by atomic mass is 16.3. The van der Waals surface area contributed by atoms with Gasteiger partial charge in [0.05, 0.1) is 5.69 Å². The first-order chi connectivity index (χ1) is 6.89. The maximum atomic E-state index is 9.76. The number of anilines is 1. The van der Waals surface area contributed by atoms with E-state index in [1.807, 2.05) is 0 Å². The van der Waals surface area contributed by atoms with Gasteiger partial charge in [0.15, 0.2) is 0 Å². The molecule has 3 N–H and O–H groups in total. The van der Waals surface area contributed by atoms with E-state index in [4.69, 9.17) is 0 Å². The summed E-state index contributed by atoms with van der Waals surface area (Å²) in [5.74, 6) is 0.596. The normalized spacial score (nSPS) is 23.0. The number of hydrogen-bond acceptors (Lipinski definition) is 3. The third kappa shape index (κ3) is 1.74. The van der Waals surface area contributed by atoms with Crippen molar-refractivity contribution in [2.24, 2.45) is 0 Å². The van der Waals surface area contributed by atoms with E-state index >= 15 is 0 Å². The van der Waals surface area contributed by atoms with Gasteiger partial charge in [-0.15, -0.1) is 0 Å². The summed E-state index contributed by atoms with van der Waals surface area (Å²) in [6.45, 7) is 6.33. The Balaban J connectivity index is 2.55. The molecular weight excluding hydrogens is 190 g/mol. The molecule has 15 heavy (non-hydrogen) atoms. The zero-order valence-electron chi connectivity index (χ0n) is 9.33. The second-order valence-electron chi connectivity index (χ2n) is 5.04. The molecular formula is C12H17NO2. The summed E-state index contributed by atoms with van der Waals surface area (Å²) in [5, 5.41) is 22.5. The SMILES string of the molecule is CC1CC(C)(C)Nc2c(O)cc(O)cc21. The molecule has 1 aliphatic rings. The Kier molecular flexibility index (Phi) is 2.07. The fourth-order valence-electron chi connectivity index (χ4n) is 2.42. The van der Waals surface area contributed by atoms with Crippen LogP contribution in [0.25, 0.3) is 0 Å². The number of phenolic OH excluding ortho intramolecular Hbond substituents is 2. The lowest BCUT2D eigenvalue weighted by Gasteiger charge is -2.37. The summed E-state index contributed by atoms with van der Waals surface area (Å²) in [7, 11) is 0. The Morgan fingerprint density at radius 2 is 2.00 bits per heavy atom. The predicted octanol–water partition coefficient (Wildman–Crippen LogP) is 2.80. The Labute approximate surface area is 89.8 Å². The van der Waals surface area contributed by atoms with Gasteiger partial charge in [-0.3, -0.25) is 0 Å². The van der Waals surface area contributed by atoms with E-state index in [2.05, 4.69) is 26.1 Å². The van der Waals surface area contributed by atoms with Crippen LogP contribution < -0.4 is 5.32 Å². The first-order valence-corrected chi connectivity index (χ1v) is 5.23. The van der Waals surface area contributed by atoms with Crippen LogP contribution in [0.15, 0.2) is 12.1 Å². The summed E-state index contributed by atoms with van der Waals surface area (Å²) >= 11 is 0. The topological polar surface area (TPSA) is 52.5 Å². The monoisotopic (exact) mass is 207 g/mol. The van der Waals surface area contributed by atoms with Crippen molar-refractivity contribution in [2.75, 3.05) is 5.32 Å². The summed E-state index contributed by atoms with van der Waals surface area (Å²) < 4.78 is 0. The molecule has 0 amide bonds. The largest absolute Gasteiger partial charge is 0.508 e. The molecule has 0 saturated heterocycles. The molecule has 1 atom stereocenters. The Bertz CT molecular complexity index is 399. The molecule has 0 saturated carbocycles. The van der Waals surface area contributed by atoms with E-state index in [0.717, 1.165) is 17.7 Å². The molecule has 0 spiro atoms. The summed E-state index contributed by atoms with van der Waals surface area (Å²) in [6.07, 6.45) is 0.989. The molecule has 0 aliphatic carbocycles. The van der Waals surface area contributed by atoms with Crippen LogP contribution in [0.3, 0.4) is 0 Å². The zero-order chi connectivity index (χ0) is 11.2. The Morgan fingerprint density at radius 3 is 2.67 bits per heavy atom. The van der Waals surface area contributed by atoms with E-state index in [-0.39, 0.29) is 17.0 Å². The maximum absolute atomic E-state index is 9.76. The minimum Gasteiger partial charge on any atom is -0.508 e. The van der Waals surface area contributed by atoms with E-state index < -0.39 is 0 Å². The van der Waals surface area contributed by atoms with Gasteiger partial charge in [0.25, 0.3) is 0 Å². The molecule has 1 aromatic carbocycles. The quantitative estimate of drug-likeness (QED) is 0.453. The molecule has 82 valence electrons. The molecule has 3 heteroatoms. The average molecular weight is 207 g/mol. The summed E-state index contributed by atoms with van der Waals surface area (Å²) in [5.41, 5.74) is 1.74. The number of nitrogens with one attached hydrogen (secondary N) is 1. The van der Waals surface area contributed by atoms with Crippen LogP contribution in [0.2, 0.25) is 0 Å². The van der Waals surface area contributed by atoms with Crippen molar-refractivity contribution < 1.29 is 10.2 Å². The molecule has 1 aliphatic heterocycles. The van der Waals surface area contributed by atoms with Crippen LogP contribution in [0.4, 0.5) is 5.69 Å². The molecule has 1 unspecified atom stereocenters. The first kappa shape index (κ1) is 10.1. The highest BCUT2D eigenvalue weighted by Crippen LogP contribution is 2.44. The van der Waals surface area contributed by atoms with Crippen LogP contribution in [0.5, 0.6) is 11.5 Å². The maximum Gasteiger partial charge on any atom is 0.142 e. The van der Waals surface area contributed by atoms with Gasteiger partial charge in [-0.1, -0.05) is 6.92 Å². The first-order valence-electron chi connectivity index (χ1n) is 5.23. The third-order valence-corrected chi connectivity index (χ3v) is 2.94. The van der Waals surface area contributed by atoms with Gasteiger partial charge in [0.2, 0.25) is 0 Å². The van der Waals surface area contributed by atoms with E-state index in [9.17, 15) is 10.2 Å². The molecule has 0 fully saturated rings. The smallest absolute Gasteiger partial charge is 0.142 e. The van der Waals surface area contributed by atoms with Crippen molar-refractivity contribution in [1.82, 2.24) is 0 Å². The van der Waals surface area contributed by atoms with Crippen molar-refractivity contribution in [3.63, 3.8) is 0 Å². The minimum absolute atomic E-state index is 0.0130. The van der Waals surface area contributed by atoms with Gasteiger partial charge < -0.3 is 15.5 Å².